The summed E-state index contributed by atoms with van der Waals surface area (Å²) in [6, 6.07) is 20.2. The van der Waals surface area contributed by atoms with Gasteiger partial charge in [0.15, 0.2) is 11.5 Å². The van der Waals surface area contributed by atoms with Gasteiger partial charge in [-0.1, -0.05) is 36.4 Å². The molecule has 1 N–H and O–H groups in total. The molecule has 1 aliphatic rings. The lowest BCUT2D eigenvalue weighted by Crippen LogP contribution is -2.35. The number of hydrogen-bond donors (Lipinski definition) is 1. The number of anilines is 1. The molecule has 1 aliphatic heterocycles. The van der Waals surface area contributed by atoms with Gasteiger partial charge in [-0.3, -0.25) is 15.0 Å². The molecular formula is C27H26N2O5. The minimum atomic E-state index is -0.461. The number of amides is 2. The van der Waals surface area contributed by atoms with Crippen LogP contribution in [0.3, 0.4) is 0 Å². The molecule has 0 aromatic heterocycles. The monoisotopic (exact) mass is 458 g/mol. The maximum absolute atomic E-state index is 12.8. The number of methoxy groups -OCH3 is 1. The van der Waals surface area contributed by atoms with E-state index in [9.17, 15) is 9.59 Å². The van der Waals surface area contributed by atoms with E-state index in [0.29, 0.717) is 36.0 Å². The molecule has 4 rings (SSSR count). The molecule has 0 spiro atoms. The molecule has 7 heteroatoms. The number of nitrogens with zero attached hydrogens (tertiary/aromatic N) is 1. The van der Waals surface area contributed by atoms with Crippen LogP contribution in [0.4, 0.5) is 5.69 Å². The molecule has 1 saturated heterocycles. The molecule has 1 fully saturated rings. The van der Waals surface area contributed by atoms with Gasteiger partial charge in [-0.15, -0.1) is 0 Å². The van der Waals surface area contributed by atoms with E-state index in [0.717, 1.165) is 16.9 Å². The maximum Gasteiger partial charge on any atom is 0.282 e. The van der Waals surface area contributed by atoms with E-state index in [-0.39, 0.29) is 5.57 Å². The zero-order chi connectivity index (χ0) is 24.1. The second-order valence-electron chi connectivity index (χ2n) is 7.85. The SMILES string of the molecule is COc1cc(/C=C2/C(=O)NN(c3ccccc3)C2=O)ccc1OCCOc1cc(C)ccc1C. The van der Waals surface area contributed by atoms with Gasteiger partial charge in [-0.2, -0.15) is 0 Å². The molecular weight excluding hydrogens is 432 g/mol. The van der Waals surface area contributed by atoms with E-state index in [1.807, 2.05) is 38.1 Å². The van der Waals surface area contributed by atoms with Crippen molar-refractivity contribution in [3.05, 3.63) is 89.0 Å². The van der Waals surface area contributed by atoms with Crippen LogP contribution in [-0.4, -0.2) is 32.1 Å². The molecule has 7 nitrogen and oxygen atoms in total. The van der Waals surface area contributed by atoms with Crippen molar-refractivity contribution in [3.8, 4) is 17.2 Å². The van der Waals surface area contributed by atoms with Gasteiger partial charge in [0.2, 0.25) is 0 Å². The van der Waals surface area contributed by atoms with Gasteiger partial charge in [-0.25, -0.2) is 5.01 Å². The third-order valence-corrected chi connectivity index (χ3v) is 5.35. The number of nitrogens with one attached hydrogen (secondary N) is 1. The van der Waals surface area contributed by atoms with Crippen LogP contribution in [0.5, 0.6) is 17.2 Å². The average Bonchev–Trinajstić information content (AvgIpc) is 3.13. The first-order valence-electron chi connectivity index (χ1n) is 10.9. The van der Waals surface area contributed by atoms with Crippen molar-refractivity contribution in [2.24, 2.45) is 0 Å². The second kappa shape index (κ2) is 10.1. The largest absolute Gasteiger partial charge is 0.493 e. The zero-order valence-electron chi connectivity index (χ0n) is 19.3. The van der Waals surface area contributed by atoms with Crippen LogP contribution < -0.4 is 24.6 Å². The summed E-state index contributed by atoms with van der Waals surface area (Å²) in [7, 11) is 1.54. The Labute approximate surface area is 198 Å². The molecule has 1 heterocycles. The van der Waals surface area contributed by atoms with E-state index in [1.165, 1.54) is 18.2 Å². The number of hydrazine groups is 1. The van der Waals surface area contributed by atoms with Crippen molar-refractivity contribution in [1.29, 1.82) is 0 Å². The van der Waals surface area contributed by atoms with Gasteiger partial charge in [-0.05, 0) is 66.9 Å². The van der Waals surface area contributed by atoms with Crippen LogP contribution >= 0.6 is 0 Å². The first-order chi connectivity index (χ1) is 16.5. The zero-order valence-corrected chi connectivity index (χ0v) is 19.3. The highest BCUT2D eigenvalue weighted by atomic mass is 16.5. The van der Waals surface area contributed by atoms with Gasteiger partial charge in [0.25, 0.3) is 11.8 Å². The molecule has 0 atom stereocenters. The Bertz CT molecular complexity index is 1240. The minimum Gasteiger partial charge on any atom is -0.493 e. The molecule has 3 aromatic carbocycles. The van der Waals surface area contributed by atoms with Crippen molar-refractivity contribution >= 4 is 23.6 Å². The lowest BCUT2D eigenvalue weighted by Gasteiger charge is -2.14. The number of carbonyl (C=O) groups is 2. The third-order valence-electron chi connectivity index (χ3n) is 5.35. The molecule has 0 saturated carbocycles. The van der Waals surface area contributed by atoms with Gasteiger partial charge >= 0.3 is 0 Å². The molecule has 34 heavy (non-hydrogen) atoms. The van der Waals surface area contributed by atoms with Gasteiger partial charge in [0.1, 0.15) is 24.5 Å². The summed E-state index contributed by atoms with van der Waals surface area (Å²) in [5, 5.41) is 1.23. The second-order valence-corrected chi connectivity index (χ2v) is 7.85. The fourth-order valence-corrected chi connectivity index (χ4v) is 3.54. The Morgan fingerprint density at radius 1 is 0.853 bits per heavy atom. The summed E-state index contributed by atoms with van der Waals surface area (Å²) in [6.45, 7) is 4.73. The number of carbonyl (C=O) groups excluding carboxylic acids is 2. The summed E-state index contributed by atoms with van der Waals surface area (Å²) >= 11 is 0. The van der Waals surface area contributed by atoms with Crippen molar-refractivity contribution in [2.75, 3.05) is 25.3 Å². The van der Waals surface area contributed by atoms with Crippen molar-refractivity contribution < 1.29 is 23.8 Å². The smallest absolute Gasteiger partial charge is 0.282 e. The number of rotatable bonds is 8. The predicted octanol–water partition coefficient (Wildman–Crippen LogP) is 4.23. The van der Waals surface area contributed by atoms with Crippen LogP contribution in [0, 0.1) is 13.8 Å². The summed E-state index contributed by atoms with van der Waals surface area (Å²) in [6.07, 6.45) is 1.54. The fraction of sp³-hybridized carbons (Fsp3) is 0.185. The highest BCUT2D eigenvalue weighted by molar-refractivity contribution is 6.31. The van der Waals surface area contributed by atoms with Gasteiger partial charge < -0.3 is 14.2 Å². The molecule has 0 aliphatic carbocycles. The summed E-state index contributed by atoms with van der Waals surface area (Å²) in [5.41, 5.74) is 6.07. The molecule has 174 valence electrons. The molecule has 0 radical (unpaired) electrons. The van der Waals surface area contributed by atoms with Crippen molar-refractivity contribution in [1.82, 2.24) is 5.43 Å². The lowest BCUT2D eigenvalue weighted by atomic mass is 10.1. The van der Waals surface area contributed by atoms with Crippen molar-refractivity contribution in [2.45, 2.75) is 13.8 Å². The number of hydrogen-bond acceptors (Lipinski definition) is 5. The Kier molecular flexibility index (Phi) is 6.82. The first-order valence-corrected chi connectivity index (χ1v) is 10.9. The Morgan fingerprint density at radius 3 is 2.32 bits per heavy atom. The van der Waals surface area contributed by atoms with Crippen molar-refractivity contribution in [3.63, 3.8) is 0 Å². The molecule has 0 bridgehead atoms. The Hall–Kier alpha value is -4.26. The number of aryl methyl sites for hydroxylation is 2. The van der Waals surface area contributed by atoms with Gasteiger partial charge in [0.05, 0.1) is 12.8 Å². The Balaban J connectivity index is 1.42. The highest BCUT2D eigenvalue weighted by Crippen LogP contribution is 2.30. The van der Waals surface area contributed by atoms with Crippen LogP contribution in [-0.2, 0) is 9.59 Å². The number of benzene rings is 3. The number of para-hydroxylation sites is 1. The summed E-state index contributed by atoms with van der Waals surface area (Å²) in [5.74, 6) is 0.992. The summed E-state index contributed by atoms with van der Waals surface area (Å²) < 4.78 is 17.1. The first kappa shape index (κ1) is 22.9. The Morgan fingerprint density at radius 2 is 1.59 bits per heavy atom. The lowest BCUT2D eigenvalue weighted by molar-refractivity contribution is -0.117. The van der Waals surface area contributed by atoms with E-state index < -0.39 is 11.8 Å². The standard InChI is InChI=1S/C27H26N2O5/c1-18-9-10-19(2)24(15-18)34-14-13-33-23-12-11-20(17-25(23)32-3)16-22-26(30)28-29(27(22)31)21-7-5-4-6-8-21/h4-12,15-17H,13-14H2,1-3H3,(H,28,30)/b22-16-. The van der Waals surface area contributed by atoms with Crippen LogP contribution in [0.2, 0.25) is 0 Å². The summed E-state index contributed by atoms with van der Waals surface area (Å²) in [4.78, 5) is 25.2. The van der Waals surface area contributed by atoms with Crippen LogP contribution in [0.1, 0.15) is 16.7 Å². The molecule has 0 unspecified atom stereocenters. The number of ether oxygens (including phenoxy) is 3. The highest BCUT2D eigenvalue weighted by Gasteiger charge is 2.34. The molecule has 2 amide bonds. The van der Waals surface area contributed by atoms with E-state index in [1.54, 1.807) is 42.5 Å². The van der Waals surface area contributed by atoms with E-state index in [2.05, 4.69) is 5.43 Å². The average molecular weight is 459 g/mol. The topological polar surface area (TPSA) is 77.1 Å². The van der Waals surface area contributed by atoms with Gasteiger partial charge in [0, 0.05) is 0 Å². The normalized spacial score (nSPS) is 14.3. The van der Waals surface area contributed by atoms with Crippen LogP contribution in [0.15, 0.2) is 72.3 Å². The quantitative estimate of drug-likeness (QED) is 0.311. The third kappa shape index (κ3) is 5.04. The maximum atomic E-state index is 12.8. The van der Waals surface area contributed by atoms with E-state index in [4.69, 9.17) is 14.2 Å². The minimum absolute atomic E-state index is 0.0431. The predicted molar refractivity (Wildman–Crippen MR) is 130 cm³/mol. The van der Waals surface area contributed by atoms with E-state index >= 15 is 0 Å². The fourth-order valence-electron chi connectivity index (χ4n) is 3.54. The molecule has 3 aromatic rings. The van der Waals surface area contributed by atoms with Crippen LogP contribution in [0.25, 0.3) is 6.08 Å².